The fourth-order valence-corrected chi connectivity index (χ4v) is 4.33. The molecule has 164 valence electrons. The number of carbonyl (C=O) groups is 3. The van der Waals surface area contributed by atoms with Crippen molar-refractivity contribution in [2.45, 2.75) is 40.2 Å². The highest BCUT2D eigenvalue weighted by atomic mass is 35.5. The lowest BCUT2D eigenvalue weighted by atomic mass is 10.2. The highest BCUT2D eigenvalue weighted by molar-refractivity contribution is 8.18. The zero-order valence-corrected chi connectivity index (χ0v) is 19.9. The highest BCUT2D eigenvalue weighted by Crippen LogP contribution is 2.34. The summed E-state index contributed by atoms with van der Waals surface area (Å²) in [5.41, 5.74) is 3.43. The minimum atomic E-state index is -0.601. The normalized spacial score (nSPS) is 16.3. The number of esters is 1. The number of rotatable bonds is 6. The van der Waals surface area contributed by atoms with Crippen molar-refractivity contribution in [1.82, 2.24) is 9.47 Å². The van der Waals surface area contributed by atoms with Crippen LogP contribution in [0, 0.1) is 13.8 Å². The molecule has 1 atom stereocenters. The maximum Gasteiger partial charge on any atom is 0.326 e. The standard InChI is InChI=1S/C22H22Cl2N2O4S/c1-5-13(3)30-20(27)11-25-21(28)19(31-22(25)29)9-15-8-12(2)26(14(15)4)16-6-7-17(23)18(24)10-16/h6-10,13H,5,11H2,1-4H3/b19-9-/t13-/m0/s1. The molecule has 0 saturated carbocycles. The fourth-order valence-electron chi connectivity index (χ4n) is 3.21. The van der Waals surface area contributed by atoms with Crippen molar-refractivity contribution in [3.63, 3.8) is 0 Å². The summed E-state index contributed by atoms with van der Waals surface area (Å²) in [4.78, 5) is 38.2. The molecule has 2 heterocycles. The van der Waals surface area contributed by atoms with Crippen LogP contribution in [0.15, 0.2) is 29.2 Å². The van der Waals surface area contributed by atoms with Gasteiger partial charge in [0.15, 0.2) is 0 Å². The number of thioether (sulfide) groups is 1. The summed E-state index contributed by atoms with van der Waals surface area (Å²) >= 11 is 13.0. The molecule has 9 heteroatoms. The van der Waals surface area contributed by atoms with Crippen LogP contribution in [0.1, 0.15) is 37.2 Å². The molecule has 0 radical (unpaired) electrons. The lowest BCUT2D eigenvalue weighted by Gasteiger charge is -2.14. The number of imide groups is 1. The molecule has 1 aliphatic rings. The number of aryl methyl sites for hydroxylation is 1. The van der Waals surface area contributed by atoms with Crippen molar-refractivity contribution in [3.8, 4) is 5.69 Å². The average Bonchev–Trinajstić information content (AvgIpc) is 3.13. The second kappa shape index (κ2) is 9.51. The molecule has 0 bridgehead atoms. The van der Waals surface area contributed by atoms with Gasteiger partial charge in [-0.15, -0.1) is 0 Å². The monoisotopic (exact) mass is 480 g/mol. The molecular formula is C22H22Cl2N2O4S. The number of hydrogen-bond acceptors (Lipinski definition) is 5. The summed E-state index contributed by atoms with van der Waals surface area (Å²) in [6.07, 6.45) is 2.05. The van der Waals surface area contributed by atoms with E-state index in [0.29, 0.717) is 16.5 Å². The SMILES string of the molecule is CC[C@H](C)OC(=O)CN1C(=O)S/C(=C\c2cc(C)n(-c3ccc(Cl)c(Cl)c3)c2C)C1=O. The fraction of sp³-hybridized carbons (Fsp3) is 0.318. The van der Waals surface area contributed by atoms with Gasteiger partial charge in [0.2, 0.25) is 0 Å². The molecule has 0 aliphatic carbocycles. The van der Waals surface area contributed by atoms with Gasteiger partial charge >= 0.3 is 5.97 Å². The number of benzene rings is 1. The van der Waals surface area contributed by atoms with Gasteiger partial charge in [0.05, 0.1) is 21.1 Å². The number of hydrogen-bond donors (Lipinski definition) is 0. The van der Waals surface area contributed by atoms with E-state index < -0.39 is 23.7 Å². The number of halogens is 2. The molecule has 2 amide bonds. The van der Waals surface area contributed by atoms with E-state index in [-0.39, 0.29) is 11.0 Å². The summed E-state index contributed by atoms with van der Waals surface area (Å²) in [6, 6.07) is 7.27. The van der Waals surface area contributed by atoms with E-state index in [4.69, 9.17) is 27.9 Å². The van der Waals surface area contributed by atoms with Crippen molar-refractivity contribution in [2.24, 2.45) is 0 Å². The molecule has 0 unspecified atom stereocenters. The van der Waals surface area contributed by atoms with Crippen molar-refractivity contribution in [2.75, 3.05) is 6.54 Å². The summed E-state index contributed by atoms with van der Waals surface area (Å²) < 4.78 is 7.17. The van der Waals surface area contributed by atoms with Crippen molar-refractivity contribution < 1.29 is 19.1 Å². The number of aromatic nitrogens is 1. The first kappa shape index (κ1) is 23.4. The lowest BCUT2D eigenvalue weighted by Crippen LogP contribution is -2.35. The van der Waals surface area contributed by atoms with E-state index in [1.807, 2.05) is 37.5 Å². The molecule has 0 N–H and O–H groups in total. The van der Waals surface area contributed by atoms with Gasteiger partial charge in [-0.05, 0) is 74.9 Å². The van der Waals surface area contributed by atoms with Gasteiger partial charge in [-0.1, -0.05) is 30.1 Å². The summed E-state index contributed by atoms with van der Waals surface area (Å²) in [6.45, 7) is 7.09. The molecular weight excluding hydrogens is 459 g/mol. The summed E-state index contributed by atoms with van der Waals surface area (Å²) in [5, 5.41) is 0.419. The minimum absolute atomic E-state index is 0.260. The Kier molecular flexibility index (Phi) is 7.19. The molecule has 31 heavy (non-hydrogen) atoms. The van der Waals surface area contributed by atoms with E-state index in [0.717, 1.165) is 39.3 Å². The first-order valence-corrected chi connectivity index (χ1v) is 11.3. The van der Waals surface area contributed by atoms with Crippen molar-refractivity contribution >= 4 is 58.2 Å². The average molecular weight is 481 g/mol. The Morgan fingerprint density at radius 1 is 1.19 bits per heavy atom. The zero-order valence-electron chi connectivity index (χ0n) is 17.6. The zero-order chi connectivity index (χ0) is 22.9. The minimum Gasteiger partial charge on any atom is -0.461 e. The molecule has 6 nitrogen and oxygen atoms in total. The Labute approximate surface area is 195 Å². The van der Waals surface area contributed by atoms with Crippen molar-refractivity contribution in [1.29, 1.82) is 0 Å². The Hall–Kier alpha value is -2.22. The number of carbonyl (C=O) groups excluding carboxylic acids is 3. The van der Waals surface area contributed by atoms with Gasteiger partial charge in [-0.3, -0.25) is 19.3 Å². The molecule has 2 aromatic rings. The third kappa shape index (κ3) is 5.00. The van der Waals surface area contributed by atoms with Crippen LogP contribution in [-0.4, -0.2) is 39.2 Å². The smallest absolute Gasteiger partial charge is 0.326 e. The van der Waals surface area contributed by atoms with E-state index in [2.05, 4.69) is 0 Å². The third-order valence-electron chi connectivity index (χ3n) is 4.99. The predicted octanol–water partition coefficient (Wildman–Crippen LogP) is 5.78. The molecule has 1 fully saturated rings. The Morgan fingerprint density at radius 3 is 2.55 bits per heavy atom. The topological polar surface area (TPSA) is 68.6 Å². The van der Waals surface area contributed by atoms with E-state index in [9.17, 15) is 14.4 Å². The quantitative estimate of drug-likeness (QED) is 0.387. The van der Waals surface area contributed by atoms with Crippen LogP contribution in [0.4, 0.5) is 4.79 Å². The molecule has 3 rings (SSSR count). The van der Waals surface area contributed by atoms with Crippen LogP contribution >= 0.6 is 35.0 Å². The van der Waals surface area contributed by atoms with Crippen molar-refractivity contribution in [3.05, 3.63) is 56.2 Å². The second-order valence-electron chi connectivity index (χ2n) is 7.24. The van der Waals surface area contributed by atoms with E-state index >= 15 is 0 Å². The number of amides is 2. The maximum absolute atomic E-state index is 12.7. The lowest BCUT2D eigenvalue weighted by molar-refractivity contribution is -0.150. The van der Waals surface area contributed by atoms with Crippen LogP contribution in [-0.2, 0) is 14.3 Å². The highest BCUT2D eigenvalue weighted by Gasteiger charge is 2.37. The van der Waals surface area contributed by atoms with Crippen LogP contribution in [0.5, 0.6) is 0 Å². The van der Waals surface area contributed by atoms with Gasteiger partial charge in [0.25, 0.3) is 11.1 Å². The summed E-state index contributed by atoms with van der Waals surface area (Å²) in [5.74, 6) is -1.11. The number of ether oxygens (including phenoxy) is 1. The number of nitrogens with zero attached hydrogens (tertiary/aromatic N) is 2. The molecule has 1 saturated heterocycles. The Balaban J connectivity index is 1.85. The molecule has 1 aromatic carbocycles. The van der Waals surface area contributed by atoms with E-state index in [1.165, 1.54) is 0 Å². The van der Waals surface area contributed by atoms with Crippen LogP contribution in [0.25, 0.3) is 11.8 Å². The van der Waals surface area contributed by atoms with Gasteiger partial charge < -0.3 is 9.30 Å². The first-order valence-electron chi connectivity index (χ1n) is 9.71. The van der Waals surface area contributed by atoms with E-state index in [1.54, 1.807) is 25.1 Å². The second-order valence-corrected chi connectivity index (χ2v) is 9.04. The van der Waals surface area contributed by atoms with Crippen LogP contribution < -0.4 is 0 Å². The Bertz CT molecular complexity index is 1090. The van der Waals surface area contributed by atoms with Gasteiger partial charge in [0.1, 0.15) is 6.54 Å². The molecule has 0 spiro atoms. The van der Waals surface area contributed by atoms with Gasteiger partial charge in [0, 0.05) is 17.1 Å². The molecule has 1 aromatic heterocycles. The van der Waals surface area contributed by atoms with Crippen LogP contribution in [0.2, 0.25) is 10.0 Å². The largest absolute Gasteiger partial charge is 0.461 e. The van der Waals surface area contributed by atoms with Crippen LogP contribution in [0.3, 0.4) is 0 Å². The predicted molar refractivity (Wildman–Crippen MR) is 124 cm³/mol. The first-order chi connectivity index (χ1) is 14.6. The Morgan fingerprint density at radius 2 is 1.90 bits per heavy atom. The molecule has 1 aliphatic heterocycles. The third-order valence-corrected chi connectivity index (χ3v) is 6.63. The maximum atomic E-state index is 12.7. The van der Waals surface area contributed by atoms with Gasteiger partial charge in [-0.25, -0.2) is 0 Å². The van der Waals surface area contributed by atoms with Gasteiger partial charge in [-0.2, -0.15) is 0 Å². The summed E-state index contributed by atoms with van der Waals surface area (Å²) in [7, 11) is 0.